The molecule has 6 heteroatoms. The third-order valence-corrected chi connectivity index (χ3v) is 2.32. The summed E-state index contributed by atoms with van der Waals surface area (Å²) in [5.41, 5.74) is 6.39. The lowest BCUT2D eigenvalue weighted by atomic mass is 10.3. The van der Waals surface area contributed by atoms with Gasteiger partial charge < -0.3 is 5.73 Å². The molecule has 0 spiro atoms. The Kier molecular flexibility index (Phi) is 2.55. The van der Waals surface area contributed by atoms with Crippen molar-refractivity contribution in [1.82, 2.24) is 20.2 Å². The SMILES string of the molecule is NCc1nnnn1-c1ccc(Br)cc1. The van der Waals surface area contributed by atoms with Crippen molar-refractivity contribution in [3.05, 3.63) is 34.6 Å². The van der Waals surface area contributed by atoms with Crippen LogP contribution in [-0.2, 0) is 6.54 Å². The summed E-state index contributed by atoms with van der Waals surface area (Å²) >= 11 is 3.36. The molecule has 0 amide bonds. The van der Waals surface area contributed by atoms with Crippen molar-refractivity contribution in [2.75, 3.05) is 0 Å². The highest BCUT2D eigenvalue weighted by Gasteiger charge is 2.05. The molecule has 0 aliphatic carbocycles. The van der Waals surface area contributed by atoms with Gasteiger partial charge in [-0.2, -0.15) is 4.68 Å². The Morgan fingerprint density at radius 2 is 2.00 bits per heavy atom. The lowest BCUT2D eigenvalue weighted by molar-refractivity contribution is 0.761. The van der Waals surface area contributed by atoms with Crippen LogP contribution in [0.5, 0.6) is 0 Å². The molecule has 0 atom stereocenters. The summed E-state index contributed by atoms with van der Waals surface area (Å²) in [6.07, 6.45) is 0. The molecule has 0 fully saturated rings. The van der Waals surface area contributed by atoms with Gasteiger partial charge in [0.15, 0.2) is 5.82 Å². The van der Waals surface area contributed by atoms with Gasteiger partial charge >= 0.3 is 0 Å². The van der Waals surface area contributed by atoms with Gasteiger partial charge in [-0.25, -0.2) is 0 Å². The molecule has 0 saturated heterocycles. The van der Waals surface area contributed by atoms with E-state index in [9.17, 15) is 0 Å². The summed E-state index contributed by atoms with van der Waals surface area (Å²) in [7, 11) is 0. The number of halogens is 1. The molecule has 0 saturated carbocycles. The first kappa shape index (κ1) is 9.29. The van der Waals surface area contributed by atoms with Crippen LogP contribution in [0.2, 0.25) is 0 Å². The zero-order valence-electron chi connectivity index (χ0n) is 7.26. The van der Waals surface area contributed by atoms with Crippen LogP contribution in [-0.4, -0.2) is 20.2 Å². The molecule has 5 nitrogen and oxygen atoms in total. The highest BCUT2D eigenvalue weighted by molar-refractivity contribution is 9.10. The standard InChI is InChI=1S/C8H8BrN5/c9-6-1-3-7(4-2-6)14-8(5-10)11-12-13-14/h1-4H,5,10H2. The molecule has 2 N–H and O–H groups in total. The van der Waals surface area contributed by atoms with Crippen molar-refractivity contribution in [3.63, 3.8) is 0 Å². The van der Waals surface area contributed by atoms with Crippen molar-refractivity contribution >= 4 is 15.9 Å². The molecule has 1 heterocycles. The van der Waals surface area contributed by atoms with E-state index in [0.29, 0.717) is 12.4 Å². The molecule has 2 rings (SSSR count). The van der Waals surface area contributed by atoms with Gasteiger partial charge in [0.25, 0.3) is 0 Å². The predicted octanol–water partition coefficient (Wildman–Crippen LogP) is 0.883. The average molecular weight is 254 g/mol. The van der Waals surface area contributed by atoms with Gasteiger partial charge in [0.05, 0.1) is 12.2 Å². The minimum absolute atomic E-state index is 0.322. The van der Waals surface area contributed by atoms with Gasteiger partial charge in [-0.1, -0.05) is 15.9 Å². The fourth-order valence-electron chi connectivity index (χ4n) is 1.12. The molecule has 0 aliphatic heterocycles. The first-order valence-electron chi connectivity index (χ1n) is 4.04. The van der Waals surface area contributed by atoms with Crippen LogP contribution in [0.1, 0.15) is 5.82 Å². The van der Waals surface area contributed by atoms with Crippen LogP contribution in [0.4, 0.5) is 0 Å². The van der Waals surface area contributed by atoms with Crippen LogP contribution in [0, 0.1) is 0 Å². The second kappa shape index (κ2) is 3.85. The molecule has 1 aromatic carbocycles. The van der Waals surface area contributed by atoms with Gasteiger partial charge in [0.2, 0.25) is 0 Å². The zero-order valence-corrected chi connectivity index (χ0v) is 8.85. The van der Waals surface area contributed by atoms with Gasteiger partial charge in [-0.3, -0.25) is 0 Å². The molecule has 14 heavy (non-hydrogen) atoms. The maximum absolute atomic E-state index is 5.49. The van der Waals surface area contributed by atoms with Crippen LogP contribution in [0.3, 0.4) is 0 Å². The van der Waals surface area contributed by atoms with Gasteiger partial charge in [-0.15, -0.1) is 5.10 Å². The topological polar surface area (TPSA) is 69.6 Å². The summed E-state index contributed by atoms with van der Waals surface area (Å²) in [5, 5.41) is 11.2. The van der Waals surface area contributed by atoms with Gasteiger partial charge in [0, 0.05) is 4.47 Å². The number of benzene rings is 1. The average Bonchev–Trinajstić information content (AvgIpc) is 2.67. The quantitative estimate of drug-likeness (QED) is 0.863. The maximum Gasteiger partial charge on any atom is 0.170 e. The van der Waals surface area contributed by atoms with E-state index in [0.717, 1.165) is 10.2 Å². The lowest BCUT2D eigenvalue weighted by Crippen LogP contribution is -2.07. The monoisotopic (exact) mass is 253 g/mol. The van der Waals surface area contributed by atoms with Crippen molar-refractivity contribution in [3.8, 4) is 5.69 Å². The Bertz CT molecular complexity index is 422. The first-order valence-corrected chi connectivity index (χ1v) is 4.84. The van der Waals surface area contributed by atoms with E-state index in [2.05, 4.69) is 31.5 Å². The molecule has 0 bridgehead atoms. The highest BCUT2D eigenvalue weighted by Crippen LogP contribution is 2.13. The Hall–Kier alpha value is -1.27. The van der Waals surface area contributed by atoms with Crippen molar-refractivity contribution in [2.45, 2.75) is 6.54 Å². The molecule has 1 aromatic heterocycles. The van der Waals surface area contributed by atoms with E-state index in [1.54, 1.807) is 4.68 Å². The Morgan fingerprint density at radius 1 is 1.29 bits per heavy atom. The number of tetrazole rings is 1. The minimum atomic E-state index is 0.322. The van der Waals surface area contributed by atoms with Crippen LogP contribution >= 0.6 is 15.9 Å². The summed E-state index contributed by atoms with van der Waals surface area (Å²) < 4.78 is 2.63. The minimum Gasteiger partial charge on any atom is -0.324 e. The Labute approximate surface area is 89.0 Å². The van der Waals surface area contributed by atoms with Crippen LogP contribution in [0.25, 0.3) is 5.69 Å². The van der Waals surface area contributed by atoms with E-state index in [4.69, 9.17) is 5.73 Å². The molecule has 2 aromatic rings. The molecule has 72 valence electrons. The van der Waals surface area contributed by atoms with Gasteiger partial charge in [-0.05, 0) is 34.7 Å². The van der Waals surface area contributed by atoms with Gasteiger partial charge in [0.1, 0.15) is 0 Å². The Morgan fingerprint density at radius 3 is 2.64 bits per heavy atom. The molecular weight excluding hydrogens is 246 g/mol. The summed E-state index contributed by atoms with van der Waals surface area (Å²) in [5.74, 6) is 0.646. The van der Waals surface area contributed by atoms with Crippen molar-refractivity contribution in [2.24, 2.45) is 5.73 Å². The first-order chi connectivity index (χ1) is 6.81. The molecule has 0 unspecified atom stereocenters. The normalized spacial score (nSPS) is 10.4. The fourth-order valence-corrected chi connectivity index (χ4v) is 1.38. The van der Waals surface area contributed by atoms with E-state index in [1.807, 2.05) is 24.3 Å². The largest absolute Gasteiger partial charge is 0.324 e. The Balaban J connectivity index is 2.44. The number of hydrogen-bond acceptors (Lipinski definition) is 4. The maximum atomic E-state index is 5.49. The zero-order chi connectivity index (χ0) is 9.97. The number of hydrogen-bond donors (Lipinski definition) is 1. The molecule has 0 radical (unpaired) electrons. The molecular formula is C8H8BrN5. The number of nitrogens with zero attached hydrogens (tertiary/aromatic N) is 4. The summed E-state index contributed by atoms with van der Waals surface area (Å²) in [6.45, 7) is 0.322. The molecule has 0 aliphatic rings. The highest BCUT2D eigenvalue weighted by atomic mass is 79.9. The predicted molar refractivity (Wildman–Crippen MR) is 54.7 cm³/mol. The van der Waals surface area contributed by atoms with Crippen molar-refractivity contribution in [1.29, 1.82) is 0 Å². The second-order valence-electron chi connectivity index (χ2n) is 2.69. The van der Waals surface area contributed by atoms with E-state index >= 15 is 0 Å². The fraction of sp³-hybridized carbons (Fsp3) is 0.125. The second-order valence-corrected chi connectivity index (χ2v) is 3.60. The van der Waals surface area contributed by atoms with Crippen molar-refractivity contribution < 1.29 is 0 Å². The van der Waals surface area contributed by atoms with E-state index in [1.165, 1.54) is 0 Å². The third-order valence-electron chi connectivity index (χ3n) is 1.79. The third kappa shape index (κ3) is 1.66. The van der Waals surface area contributed by atoms with Crippen LogP contribution < -0.4 is 5.73 Å². The van der Waals surface area contributed by atoms with Crippen LogP contribution in [0.15, 0.2) is 28.7 Å². The number of aromatic nitrogens is 4. The smallest absolute Gasteiger partial charge is 0.170 e. The number of rotatable bonds is 2. The number of nitrogens with two attached hydrogens (primary N) is 1. The van der Waals surface area contributed by atoms with E-state index in [-0.39, 0.29) is 0 Å². The van der Waals surface area contributed by atoms with E-state index < -0.39 is 0 Å². The summed E-state index contributed by atoms with van der Waals surface area (Å²) in [4.78, 5) is 0. The summed E-state index contributed by atoms with van der Waals surface area (Å²) in [6, 6.07) is 7.69. The lowest BCUT2D eigenvalue weighted by Gasteiger charge is -2.01.